The second-order valence-corrected chi connectivity index (χ2v) is 6.52. The van der Waals surface area contributed by atoms with Crippen molar-refractivity contribution in [1.82, 2.24) is 24.3 Å². The summed E-state index contributed by atoms with van der Waals surface area (Å²) < 4.78 is 2.08. The normalized spacial score (nSPS) is 18.5. The first-order valence-corrected chi connectivity index (χ1v) is 8.48. The van der Waals surface area contributed by atoms with E-state index in [1.54, 1.807) is 12.4 Å². The third kappa shape index (κ3) is 2.97. The molecule has 0 saturated carbocycles. The maximum atomic E-state index is 5.55. The molecule has 1 aliphatic heterocycles. The minimum atomic E-state index is 0.292. The van der Waals surface area contributed by atoms with Crippen LogP contribution in [0.3, 0.4) is 0 Å². The molecule has 2 N–H and O–H groups in total. The van der Waals surface area contributed by atoms with Crippen LogP contribution in [0.2, 0.25) is 0 Å². The summed E-state index contributed by atoms with van der Waals surface area (Å²) in [4.78, 5) is 15.4. The molecule has 6 heteroatoms. The van der Waals surface area contributed by atoms with Gasteiger partial charge in [-0.15, -0.1) is 0 Å². The quantitative estimate of drug-likeness (QED) is 0.798. The van der Waals surface area contributed by atoms with Gasteiger partial charge in [0.15, 0.2) is 0 Å². The van der Waals surface area contributed by atoms with Gasteiger partial charge in [0.05, 0.1) is 5.69 Å². The number of anilines is 1. The monoisotopic (exact) mass is 322 g/mol. The summed E-state index contributed by atoms with van der Waals surface area (Å²) >= 11 is 0. The molecule has 0 radical (unpaired) electrons. The van der Waals surface area contributed by atoms with Crippen molar-refractivity contribution in [2.45, 2.75) is 32.2 Å². The molecule has 0 aromatic carbocycles. The van der Waals surface area contributed by atoms with Gasteiger partial charge in [0.1, 0.15) is 5.65 Å². The van der Waals surface area contributed by atoms with Crippen molar-refractivity contribution in [3.63, 3.8) is 0 Å². The Hall–Kier alpha value is -2.47. The van der Waals surface area contributed by atoms with E-state index in [2.05, 4.69) is 38.6 Å². The summed E-state index contributed by atoms with van der Waals surface area (Å²) in [7, 11) is 0. The molecule has 1 atom stereocenters. The highest BCUT2D eigenvalue weighted by Crippen LogP contribution is 2.20. The molecule has 0 unspecified atom stereocenters. The van der Waals surface area contributed by atoms with E-state index >= 15 is 0 Å². The van der Waals surface area contributed by atoms with Crippen molar-refractivity contribution in [3.05, 3.63) is 42.6 Å². The molecular formula is C18H22N6. The van der Waals surface area contributed by atoms with Crippen molar-refractivity contribution < 1.29 is 0 Å². The van der Waals surface area contributed by atoms with Gasteiger partial charge in [0.2, 0.25) is 5.95 Å². The lowest BCUT2D eigenvalue weighted by Crippen LogP contribution is -2.29. The number of hydrogen-bond acceptors (Lipinski definition) is 5. The zero-order valence-electron chi connectivity index (χ0n) is 13.9. The summed E-state index contributed by atoms with van der Waals surface area (Å²) in [5.41, 5.74) is 9.67. The number of hydrogen-bond donors (Lipinski definition) is 1. The van der Waals surface area contributed by atoms with Crippen LogP contribution >= 0.6 is 0 Å². The van der Waals surface area contributed by atoms with Gasteiger partial charge in [-0.05, 0) is 38.4 Å². The van der Waals surface area contributed by atoms with Crippen LogP contribution in [0, 0.1) is 0 Å². The van der Waals surface area contributed by atoms with Gasteiger partial charge in [-0.2, -0.15) is 0 Å². The fourth-order valence-corrected chi connectivity index (χ4v) is 3.41. The average Bonchev–Trinajstić information content (AvgIpc) is 3.18. The van der Waals surface area contributed by atoms with Crippen molar-refractivity contribution in [3.8, 4) is 11.1 Å². The van der Waals surface area contributed by atoms with Gasteiger partial charge < -0.3 is 15.0 Å². The van der Waals surface area contributed by atoms with E-state index in [1.807, 2.05) is 12.1 Å². The summed E-state index contributed by atoms with van der Waals surface area (Å²) in [6.45, 7) is 4.62. The second kappa shape index (κ2) is 6.20. The van der Waals surface area contributed by atoms with E-state index in [1.165, 1.54) is 19.4 Å². The number of rotatable bonds is 4. The van der Waals surface area contributed by atoms with Gasteiger partial charge in [-0.25, -0.2) is 15.0 Å². The minimum Gasteiger partial charge on any atom is -0.368 e. The first-order chi connectivity index (χ1) is 11.7. The minimum absolute atomic E-state index is 0.292. The standard InChI is InChI=1S/C18H22N6/c1-13-3-2-7-23(13)8-6-16-12-24-11-14(4-5-17(24)22-16)15-9-20-18(19)21-10-15/h4-5,9-13H,2-3,6-8H2,1H3,(H2,19,20,21)/t13-/m1/s1. The molecule has 4 rings (SSSR count). The number of nitrogens with zero attached hydrogens (tertiary/aromatic N) is 5. The molecule has 0 amide bonds. The molecule has 0 aliphatic carbocycles. The molecule has 1 saturated heterocycles. The van der Waals surface area contributed by atoms with Crippen LogP contribution in [0.4, 0.5) is 5.95 Å². The maximum absolute atomic E-state index is 5.55. The van der Waals surface area contributed by atoms with Gasteiger partial charge in [0, 0.05) is 54.9 Å². The first-order valence-electron chi connectivity index (χ1n) is 8.48. The number of pyridine rings is 1. The Morgan fingerprint density at radius 3 is 2.75 bits per heavy atom. The van der Waals surface area contributed by atoms with Crippen molar-refractivity contribution in [2.75, 3.05) is 18.8 Å². The van der Waals surface area contributed by atoms with Gasteiger partial charge in [0.25, 0.3) is 0 Å². The van der Waals surface area contributed by atoms with E-state index in [0.717, 1.165) is 35.4 Å². The van der Waals surface area contributed by atoms with Crippen LogP contribution < -0.4 is 5.73 Å². The zero-order chi connectivity index (χ0) is 16.5. The third-order valence-corrected chi connectivity index (χ3v) is 4.85. The first kappa shape index (κ1) is 15.1. The Kier molecular flexibility index (Phi) is 3.90. The number of nitrogen functional groups attached to an aromatic ring is 1. The summed E-state index contributed by atoms with van der Waals surface area (Å²) in [6, 6.07) is 4.79. The lowest BCUT2D eigenvalue weighted by Gasteiger charge is -2.19. The SMILES string of the molecule is C[C@@H]1CCCN1CCc1cn2cc(-c3cnc(N)nc3)ccc2n1. The molecule has 24 heavy (non-hydrogen) atoms. The lowest BCUT2D eigenvalue weighted by molar-refractivity contribution is 0.271. The predicted molar refractivity (Wildman–Crippen MR) is 94.6 cm³/mol. The highest BCUT2D eigenvalue weighted by Gasteiger charge is 2.19. The average molecular weight is 322 g/mol. The Bertz CT molecular complexity index is 838. The van der Waals surface area contributed by atoms with Crippen LogP contribution in [-0.2, 0) is 6.42 Å². The van der Waals surface area contributed by atoms with Crippen molar-refractivity contribution in [1.29, 1.82) is 0 Å². The van der Waals surface area contributed by atoms with Crippen LogP contribution in [-0.4, -0.2) is 43.4 Å². The molecular weight excluding hydrogens is 300 g/mol. The lowest BCUT2D eigenvalue weighted by atomic mass is 10.1. The zero-order valence-corrected chi connectivity index (χ0v) is 13.9. The number of aromatic nitrogens is 4. The second-order valence-electron chi connectivity index (χ2n) is 6.52. The van der Waals surface area contributed by atoms with Gasteiger partial charge in [-0.1, -0.05) is 0 Å². The maximum Gasteiger partial charge on any atom is 0.219 e. The van der Waals surface area contributed by atoms with Crippen LogP contribution in [0.1, 0.15) is 25.5 Å². The van der Waals surface area contributed by atoms with Crippen molar-refractivity contribution in [2.24, 2.45) is 0 Å². The van der Waals surface area contributed by atoms with E-state index in [-0.39, 0.29) is 0 Å². The van der Waals surface area contributed by atoms with Gasteiger partial charge >= 0.3 is 0 Å². The Balaban J connectivity index is 1.53. The number of likely N-dealkylation sites (tertiary alicyclic amines) is 1. The van der Waals surface area contributed by atoms with Crippen LogP contribution in [0.5, 0.6) is 0 Å². The van der Waals surface area contributed by atoms with Crippen LogP contribution in [0.25, 0.3) is 16.8 Å². The highest BCUT2D eigenvalue weighted by atomic mass is 15.2. The van der Waals surface area contributed by atoms with Crippen molar-refractivity contribution >= 4 is 11.6 Å². The molecule has 4 heterocycles. The number of imidazole rings is 1. The fraction of sp³-hybridized carbons (Fsp3) is 0.389. The van der Waals surface area contributed by atoms with E-state index < -0.39 is 0 Å². The topological polar surface area (TPSA) is 72.3 Å². The van der Waals surface area contributed by atoms with E-state index in [4.69, 9.17) is 10.7 Å². The molecule has 1 aliphatic rings. The van der Waals surface area contributed by atoms with Crippen LogP contribution in [0.15, 0.2) is 36.9 Å². The third-order valence-electron chi connectivity index (χ3n) is 4.85. The smallest absolute Gasteiger partial charge is 0.219 e. The largest absolute Gasteiger partial charge is 0.368 e. The fourth-order valence-electron chi connectivity index (χ4n) is 3.41. The van der Waals surface area contributed by atoms with Gasteiger partial charge in [-0.3, -0.25) is 0 Å². The molecule has 3 aromatic rings. The Labute approximate surface area is 141 Å². The molecule has 0 bridgehead atoms. The summed E-state index contributed by atoms with van der Waals surface area (Å²) in [5, 5.41) is 0. The van der Waals surface area contributed by atoms with E-state index in [9.17, 15) is 0 Å². The highest BCUT2D eigenvalue weighted by molar-refractivity contribution is 5.63. The number of nitrogens with two attached hydrogens (primary N) is 1. The predicted octanol–water partition coefficient (Wildman–Crippen LogP) is 2.40. The number of fused-ring (bicyclic) bond motifs is 1. The Morgan fingerprint density at radius 2 is 2.00 bits per heavy atom. The molecule has 124 valence electrons. The molecule has 6 nitrogen and oxygen atoms in total. The molecule has 0 spiro atoms. The molecule has 3 aromatic heterocycles. The molecule has 1 fully saturated rings. The van der Waals surface area contributed by atoms with E-state index in [0.29, 0.717) is 12.0 Å². The summed E-state index contributed by atoms with van der Waals surface area (Å²) in [6.07, 6.45) is 11.3. The summed E-state index contributed by atoms with van der Waals surface area (Å²) in [5.74, 6) is 0.292. The Morgan fingerprint density at radius 1 is 1.17 bits per heavy atom.